The van der Waals surface area contributed by atoms with Gasteiger partial charge in [0, 0.05) is 7.11 Å². The summed E-state index contributed by atoms with van der Waals surface area (Å²) < 4.78 is 21.1. The zero-order valence-electron chi connectivity index (χ0n) is 15.8. The molecule has 7 nitrogen and oxygen atoms in total. The van der Waals surface area contributed by atoms with Crippen LogP contribution in [0.2, 0.25) is 0 Å². The van der Waals surface area contributed by atoms with Crippen molar-refractivity contribution in [2.24, 2.45) is 0 Å². The molecule has 1 aromatic carbocycles. The molecule has 1 aromatic rings. The largest absolute Gasteiger partial charge is 0.467 e. The van der Waals surface area contributed by atoms with Gasteiger partial charge in [-0.05, 0) is 24.8 Å². The number of amides is 1. The van der Waals surface area contributed by atoms with Crippen molar-refractivity contribution in [2.45, 2.75) is 44.1 Å². The van der Waals surface area contributed by atoms with Crippen LogP contribution in [-0.4, -0.2) is 56.2 Å². The van der Waals surface area contributed by atoms with E-state index < -0.39 is 24.1 Å². The molecule has 1 aliphatic heterocycles. The molecule has 7 heteroatoms. The monoisotopic (exact) mass is 377 g/mol. The van der Waals surface area contributed by atoms with E-state index in [0.717, 1.165) is 5.56 Å². The first-order valence-electron chi connectivity index (χ1n) is 8.90. The van der Waals surface area contributed by atoms with Gasteiger partial charge in [-0.1, -0.05) is 36.4 Å². The van der Waals surface area contributed by atoms with Crippen LogP contribution in [0.15, 0.2) is 43.0 Å². The molecule has 0 bridgehead atoms. The summed E-state index contributed by atoms with van der Waals surface area (Å²) in [6, 6.07) is 8.26. The third kappa shape index (κ3) is 5.55. The Kier molecular flexibility index (Phi) is 8.29. The van der Waals surface area contributed by atoms with Crippen molar-refractivity contribution < 1.29 is 28.5 Å². The molecule has 2 rings (SSSR count). The number of hydrogen-bond donors (Lipinski definition) is 0. The van der Waals surface area contributed by atoms with Crippen LogP contribution in [0.4, 0.5) is 4.79 Å². The molecule has 27 heavy (non-hydrogen) atoms. The number of carbonyl (C=O) groups excluding carboxylic acids is 2. The first-order chi connectivity index (χ1) is 13.1. The van der Waals surface area contributed by atoms with Crippen LogP contribution in [-0.2, 0) is 30.3 Å². The highest BCUT2D eigenvalue weighted by Crippen LogP contribution is 2.29. The molecular weight excluding hydrogens is 350 g/mol. The lowest BCUT2D eigenvalue weighted by molar-refractivity contribution is -0.157. The highest BCUT2D eigenvalue weighted by molar-refractivity contribution is 5.82. The van der Waals surface area contributed by atoms with Crippen molar-refractivity contribution in [2.75, 3.05) is 21.0 Å². The van der Waals surface area contributed by atoms with Crippen LogP contribution in [0.5, 0.6) is 0 Å². The van der Waals surface area contributed by atoms with Crippen LogP contribution >= 0.6 is 0 Å². The van der Waals surface area contributed by atoms with Crippen molar-refractivity contribution >= 4 is 12.1 Å². The maximum absolute atomic E-state index is 12.9. The van der Waals surface area contributed by atoms with E-state index in [-0.39, 0.29) is 19.5 Å². The van der Waals surface area contributed by atoms with Crippen LogP contribution in [0.3, 0.4) is 0 Å². The normalized spacial score (nSPS) is 22.1. The van der Waals surface area contributed by atoms with Crippen molar-refractivity contribution in [3.8, 4) is 0 Å². The summed E-state index contributed by atoms with van der Waals surface area (Å²) in [6.45, 7) is 3.99. The molecular formula is C20H27NO6. The fourth-order valence-electron chi connectivity index (χ4n) is 3.27. The van der Waals surface area contributed by atoms with E-state index in [1.165, 1.54) is 19.1 Å². The summed E-state index contributed by atoms with van der Waals surface area (Å²) in [5.74, 6) is -0.467. The topological polar surface area (TPSA) is 74.3 Å². The van der Waals surface area contributed by atoms with Crippen LogP contribution < -0.4 is 0 Å². The molecule has 1 heterocycles. The number of nitrogens with zero attached hydrogens (tertiary/aromatic N) is 1. The second-order valence-corrected chi connectivity index (χ2v) is 6.27. The standard InChI is InChI=1S/C20H27NO6/c1-4-8-16-18(27-14-24-2)12-11-17(19(22)25-3)21(16)20(23)26-13-15-9-6-5-7-10-15/h4-7,9-10,16-18H,1,8,11-14H2,2-3H3/t16-,17-,18+/m0/s1. The summed E-state index contributed by atoms with van der Waals surface area (Å²) in [7, 11) is 2.85. The molecule has 0 radical (unpaired) electrons. The fraction of sp³-hybridized carbons (Fsp3) is 0.500. The van der Waals surface area contributed by atoms with Gasteiger partial charge in [0.1, 0.15) is 19.4 Å². The third-order valence-electron chi connectivity index (χ3n) is 4.54. The Hall–Kier alpha value is -2.38. The Labute approximate surface area is 159 Å². The van der Waals surface area contributed by atoms with Crippen molar-refractivity contribution in [1.29, 1.82) is 0 Å². The molecule has 1 amide bonds. The molecule has 0 spiro atoms. The molecule has 1 saturated heterocycles. The van der Waals surface area contributed by atoms with Gasteiger partial charge in [-0.25, -0.2) is 9.59 Å². The Morgan fingerprint density at radius 3 is 2.59 bits per heavy atom. The van der Waals surface area contributed by atoms with Gasteiger partial charge in [-0.15, -0.1) is 6.58 Å². The Morgan fingerprint density at radius 1 is 1.22 bits per heavy atom. The lowest BCUT2D eigenvalue weighted by Crippen LogP contribution is -2.59. The Balaban J connectivity index is 2.19. The number of ether oxygens (including phenoxy) is 4. The van der Waals surface area contributed by atoms with Gasteiger partial charge in [0.15, 0.2) is 0 Å². The van der Waals surface area contributed by atoms with Gasteiger partial charge in [0.2, 0.25) is 0 Å². The number of esters is 1. The Morgan fingerprint density at radius 2 is 1.96 bits per heavy atom. The van der Waals surface area contributed by atoms with Crippen LogP contribution in [0, 0.1) is 0 Å². The highest BCUT2D eigenvalue weighted by Gasteiger charge is 2.44. The second-order valence-electron chi connectivity index (χ2n) is 6.27. The molecule has 3 atom stereocenters. The summed E-state index contributed by atoms with van der Waals surface area (Å²) in [6.07, 6.45) is 2.33. The maximum atomic E-state index is 12.9. The van der Waals surface area contributed by atoms with E-state index in [2.05, 4.69) is 6.58 Å². The zero-order valence-corrected chi connectivity index (χ0v) is 15.8. The van der Waals surface area contributed by atoms with Gasteiger partial charge in [0.05, 0.1) is 19.3 Å². The highest BCUT2D eigenvalue weighted by atomic mass is 16.7. The quantitative estimate of drug-likeness (QED) is 0.394. The molecule has 1 fully saturated rings. The maximum Gasteiger partial charge on any atom is 0.411 e. The minimum absolute atomic E-state index is 0.105. The number of likely N-dealkylation sites (tertiary alicyclic amines) is 1. The van der Waals surface area contributed by atoms with Gasteiger partial charge in [-0.2, -0.15) is 0 Å². The lowest BCUT2D eigenvalue weighted by Gasteiger charge is -2.43. The van der Waals surface area contributed by atoms with E-state index >= 15 is 0 Å². The minimum atomic E-state index is -0.717. The smallest absolute Gasteiger partial charge is 0.411 e. The average Bonchev–Trinajstić information content (AvgIpc) is 2.71. The molecule has 0 aliphatic carbocycles. The molecule has 0 N–H and O–H groups in total. The number of rotatable bonds is 8. The van der Waals surface area contributed by atoms with Gasteiger partial charge in [-0.3, -0.25) is 4.90 Å². The first kappa shape index (κ1) is 20.9. The number of carbonyl (C=O) groups is 2. The number of piperidine rings is 1. The van der Waals surface area contributed by atoms with Gasteiger partial charge in [0.25, 0.3) is 0 Å². The number of hydrogen-bond acceptors (Lipinski definition) is 6. The predicted octanol–water partition coefficient (Wildman–Crippen LogP) is 2.89. The summed E-state index contributed by atoms with van der Waals surface area (Å²) >= 11 is 0. The van der Waals surface area contributed by atoms with Gasteiger partial charge >= 0.3 is 12.1 Å². The fourth-order valence-corrected chi connectivity index (χ4v) is 3.27. The SMILES string of the molecule is C=CC[C@H]1[C@H](OCOC)CC[C@@H](C(=O)OC)N1C(=O)OCc1ccccc1. The van der Waals surface area contributed by atoms with E-state index in [9.17, 15) is 9.59 Å². The molecule has 1 aliphatic rings. The average molecular weight is 377 g/mol. The summed E-state index contributed by atoms with van der Waals surface area (Å²) in [4.78, 5) is 26.6. The van der Waals surface area contributed by atoms with E-state index in [1.54, 1.807) is 6.08 Å². The predicted molar refractivity (Wildman–Crippen MR) is 98.9 cm³/mol. The second kappa shape index (κ2) is 10.7. The van der Waals surface area contributed by atoms with Crippen LogP contribution in [0.1, 0.15) is 24.8 Å². The van der Waals surface area contributed by atoms with Gasteiger partial charge < -0.3 is 18.9 Å². The van der Waals surface area contributed by atoms with Crippen molar-refractivity contribution in [3.63, 3.8) is 0 Å². The van der Waals surface area contributed by atoms with E-state index in [1.807, 2.05) is 30.3 Å². The third-order valence-corrected chi connectivity index (χ3v) is 4.54. The number of benzene rings is 1. The zero-order chi connectivity index (χ0) is 19.6. The first-order valence-corrected chi connectivity index (χ1v) is 8.90. The molecule has 0 aromatic heterocycles. The number of methoxy groups -OCH3 is 2. The van der Waals surface area contributed by atoms with E-state index in [0.29, 0.717) is 19.3 Å². The minimum Gasteiger partial charge on any atom is -0.467 e. The lowest BCUT2D eigenvalue weighted by atomic mass is 9.91. The molecule has 0 unspecified atom stereocenters. The summed E-state index contributed by atoms with van der Waals surface area (Å²) in [5.41, 5.74) is 0.866. The van der Waals surface area contributed by atoms with E-state index in [4.69, 9.17) is 18.9 Å². The Bertz CT molecular complexity index is 620. The van der Waals surface area contributed by atoms with Crippen LogP contribution in [0.25, 0.3) is 0 Å². The molecule has 148 valence electrons. The summed E-state index contributed by atoms with van der Waals surface area (Å²) in [5, 5.41) is 0. The molecule has 0 saturated carbocycles. The van der Waals surface area contributed by atoms with Crippen molar-refractivity contribution in [1.82, 2.24) is 4.90 Å². The van der Waals surface area contributed by atoms with Crippen molar-refractivity contribution in [3.05, 3.63) is 48.6 Å².